The van der Waals surface area contributed by atoms with Gasteiger partial charge in [-0.3, -0.25) is 4.79 Å². The van der Waals surface area contributed by atoms with Gasteiger partial charge in [0.25, 0.3) is 0 Å². The van der Waals surface area contributed by atoms with Gasteiger partial charge >= 0.3 is 0 Å². The predicted molar refractivity (Wildman–Crippen MR) is 80.0 cm³/mol. The molecule has 2 aromatic carbocycles. The van der Waals surface area contributed by atoms with Gasteiger partial charge in [-0.25, -0.2) is 8.78 Å². The molecule has 5 heteroatoms. The van der Waals surface area contributed by atoms with Gasteiger partial charge in [0.2, 0.25) is 5.91 Å². The Balaban J connectivity index is 1.88. The highest BCUT2D eigenvalue weighted by molar-refractivity contribution is 9.10. The molecule has 1 amide bonds. The highest BCUT2D eigenvalue weighted by atomic mass is 79.9. The highest BCUT2D eigenvalue weighted by Crippen LogP contribution is 2.49. The summed E-state index contributed by atoms with van der Waals surface area (Å²) in [4.78, 5) is 12.4. The summed E-state index contributed by atoms with van der Waals surface area (Å²) in [5.74, 6) is -1.95. The van der Waals surface area contributed by atoms with Crippen LogP contribution in [0.4, 0.5) is 14.5 Å². The van der Waals surface area contributed by atoms with Crippen molar-refractivity contribution >= 4 is 27.5 Å². The van der Waals surface area contributed by atoms with Crippen LogP contribution in [0.2, 0.25) is 0 Å². The molecule has 0 heterocycles. The number of carbonyl (C=O) groups excluding carboxylic acids is 1. The van der Waals surface area contributed by atoms with Gasteiger partial charge in [0, 0.05) is 4.47 Å². The van der Waals surface area contributed by atoms with E-state index in [1.165, 1.54) is 0 Å². The minimum Gasteiger partial charge on any atom is -0.320 e. The van der Waals surface area contributed by atoms with Gasteiger partial charge in [-0.05, 0) is 30.5 Å². The molecule has 1 N–H and O–H groups in total. The maximum Gasteiger partial charge on any atom is 0.235 e. The van der Waals surface area contributed by atoms with Crippen LogP contribution in [0.15, 0.2) is 46.9 Å². The standard InChI is InChI=1S/C16H12BrF2NO/c17-11-8-12(18)14(13(19)9-11)20-15(21)16(6-7-16)10-4-2-1-3-5-10/h1-5,8-9H,6-7H2,(H,20,21). The molecule has 21 heavy (non-hydrogen) atoms. The van der Waals surface area contributed by atoms with Crippen molar-refractivity contribution in [1.82, 2.24) is 0 Å². The van der Waals surface area contributed by atoms with E-state index in [0.29, 0.717) is 17.3 Å². The minimum atomic E-state index is -0.793. The Morgan fingerprint density at radius 1 is 1.10 bits per heavy atom. The maximum absolute atomic E-state index is 13.8. The normalized spacial score (nSPS) is 15.6. The molecule has 0 unspecified atom stereocenters. The van der Waals surface area contributed by atoms with Crippen LogP contribution in [0.3, 0.4) is 0 Å². The van der Waals surface area contributed by atoms with Crippen molar-refractivity contribution in [2.75, 3.05) is 5.32 Å². The summed E-state index contributed by atoms with van der Waals surface area (Å²) in [6, 6.07) is 11.5. The number of carbonyl (C=O) groups is 1. The molecule has 2 nitrogen and oxygen atoms in total. The van der Waals surface area contributed by atoms with Crippen molar-refractivity contribution in [3.05, 3.63) is 64.1 Å². The molecule has 0 radical (unpaired) electrons. The third-order valence-electron chi connectivity index (χ3n) is 3.76. The number of rotatable bonds is 3. The first kappa shape index (κ1) is 14.2. The number of benzene rings is 2. The van der Waals surface area contributed by atoms with E-state index in [1.54, 1.807) is 0 Å². The molecule has 1 saturated carbocycles. The van der Waals surface area contributed by atoms with Crippen molar-refractivity contribution < 1.29 is 13.6 Å². The summed E-state index contributed by atoms with van der Waals surface area (Å²) in [6.07, 6.45) is 1.37. The molecule has 1 aliphatic rings. The Kier molecular flexibility index (Phi) is 3.53. The molecule has 3 rings (SSSR count). The molecule has 2 aromatic rings. The van der Waals surface area contributed by atoms with E-state index < -0.39 is 22.7 Å². The lowest BCUT2D eigenvalue weighted by Crippen LogP contribution is -2.28. The third kappa shape index (κ3) is 2.58. The van der Waals surface area contributed by atoms with Gasteiger partial charge in [-0.1, -0.05) is 46.3 Å². The second kappa shape index (κ2) is 5.22. The summed E-state index contributed by atoms with van der Waals surface area (Å²) < 4.78 is 27.9. The summed E-state index contributed by atoms with van der Waals surface area (Å²) in [7, 11) is 0. The van der Waals surface area contributed by atoms with Crippen molar-refractivity contribution in [3.8, 4) is 0 Å². The molecule has 1 fully saturated rings. The molecule has 0 bridgehead atoms. The van der Waals surface area contributed by atoms with E-state index >= 15 is 0 Å². The van der Waals surface area contributed by atoms with Gasteiger partial charge in [0.05, 0.1) is 5.41 Å². The number of hydrogen-bond donors (Lipinski definition) is 1. The van der Waals surface area contributed by atoms with Crippen LogP contribution >= 0.6 is 15.9 Å². The van der Waals surface area contributed by atoms with Crippen molar-refractivity contribution in [3.63, 3.8) is 0 Å². The Labute approximate surface area is 129 Å². The summed E-state index contributed by atoms with van der Waals surface area (Å²) in [5, 5.41) is 2.40. The molecular weight excluding hydrogens is 340 g/mol. The summed E-state index contributed by atoms with van der Waals surface area (Å²) in [6.45, 7) is 0. The average molecular weight is 352 g/mol. The van der Waals surface area contributed by atoms with E-state index in [1.807, 2.05) is 30.3 Å². The molecule has 0 saturated heterocycles. The van der Waals surface area contributed by atoms with Crippen molar-refractivity contribution in [2.45, 2.75) is 18.3 Å². The zero-order chi connectivity index (χ0) is 15.0. The summed E-state index contributed by atoms with van der Waals surface area (Å²) in [5.41, 5.74) is -0.182. The first-order valence-electron chi connectivity index (χ1n) is 6.54. The minimum absolute atomic E-state index is 0.291. The first-order valence-corrected chi connectivity index (χ1v) is 7.34. The number of hydrogen-bond acceptors (Lipinski definition) is 1. The lowest BCUT2D eigenvalue weighted by atomic mass is 9.95. The zero-order valence-electron chi connectivity index (χ0n) is 11.0. The molecule has 108 valence electrons. The first-order chi connectivity index (χ1) is 10.0. The lowest BCUT2D eigenvalue weighted by molar-refractivity contribution is -0.118. The quantitative estimate of drug-likeness (QED) is 0.872. The zero-order valence-corrected chi connectivity index (χ0v) is 12.6. The van der Waals surface area contributed by atoms with E-state index in [4.69, 9.17) is 0 Å². The van der Waals surface area contributed by atoms with E-state index in [9.17, 15) is 13.6 Å². The van der Waals surface area contributed by atoms with Crippen molar-refractivity contribution in [2.24, 2.45) is 0 Å². The smallest absolute Gasteiger partial charge is 0.235 e. The highest BCUT2D eigenvalue weighted by Gasteiger charge is 2.51. The predicted octanol–water partition coefficient (Wildman–Crippen LogP) is 4.40. The molecule has 0 atom stereocenters. The van der Waals surface area contributed by atoms with Crippen LogP contribution in [0, 0.1) is 11.6 Å². The molecule has 1 aliphatic carbocycles. The van der Waals surface area contributed by atoms with Gasteiger partial charge in [-0.2, -0.15) is 0 Å². The molecule has 0 aromatic heterocycles. The van der Waals surface area contributed by atoms with E-state index in [0.717, 1.165) is 17.7 Å². The Morgan fingerprint density at radius 3 is 2.19 bits per heavy atom. The molecule has 0 spiro atoms. The monoisotopic (exact) mass is 351 g/mol. The number of halogens is 3. The van der Waals surface area contributed by atoms with Crippen LogP contribution in [0.5, 0.6) is 0 Å². The second-order valence-electron chi connectivity index (χ2n) is 5.15. The van der Waals surface area contributed by atoms with Crippen molar-refractivity contribution in [1.29, 1.82) is 0 Å². The number of amides is 1. The van der Waals surface area contributed by atoms with Gasteiger partial charge < -0.3 is 5.32 Å². The molecule has 0 aliphatic heterocycles. The van der Waals surface area contributed by atoms with Crippen LogP contribution in [0.25, 0.3) is 0 Å². The van der Waals surface area contributed by atoms with Crippen LogP contribution in [-0.2, 0) is 10.2 Å². The van der Waals surface area contributed by atoms with Gasteiger partial charge in [0.1, 0.15) is 5.69 Å². The lowest BCUT2D eigenvalue weighted by Gasteiger charge is -2.16. The summed E-state index contributed by atoms with van der Waals surface area (Å²) >= 11 is 3.01. The van der Waals surface area contributed by atoms with Crippen LogP contribution < -0.4 is 5.32 Å². The van der Waals surface area contributed by atoms with Crippen LogP contribution in [0.1, 0.15) is 18.4 Å². The SMILES string of the molecule is O=C(Nc1c(F)cc(Br)cc1F)C1(c2ccccc2)CC1. The van der Waals surface area contributed by atoms with Gasteiger partial charge in [-0.15, -0.1) is 0 Å². The average Bonchev–Trinajstić information content (AvgIpc) is 3.25. The topological polar surface area (TPSA) is 29.1 Å². The number of anilines is 1. The Morgan fingerprint density at radius 2 is 1.67 bits per heavy atom. The second-order valence-corrected chi connectivity index (χ2v) is 6.06. The Hall–Kier alpha value is -1.75. The third-order valence-corrected chi connectivity index (χ3v) is 4.21. The van der Waals surface area contributed by atoms with E-state index in [2.05, 4.69) is 21.2 Å². The van der Waals surface area contributed by atoms with Crippen LogP contribution in [-0.4, -0.2) is 5.91 Å². The number of nitrogens with one attached hydrogen (secondary N) is 1. The Bertz CT molecular complexity index is 676. The largest absolute Gasteiger partial charge is 0.320 e. The van der Waals surface area contributed by atoms with E-state index in [-0.39, 0.29) is 5.91 Å². The fraction of sp³-hybridized carbons (Fsp3) is 0.188. The maximum atomic E-state index is 13.8. The fourth-order valence-corrected chi connectivity index (χ4v) is 2.83. The van der Waals surface area contributed by atoms with Gasteiger partial charge in [0.15, 0.2) is 11.6 Å². The molecular formula is C16H12BrF2NO. The fourth-order valence-electron chi connectivity index (χ4n) is 2.42.